The molecule has 3 aromatic rings. The number of likely N-dealkylation sites (tertiary alicyclic amines) is 1. The molecule has 2 amide bonds. The van der Waals surface area contributed by atoms with Crippen LogP contribution in [0.1, 0.15) is 62.6 Å². The van der Waals surface area contributed by atoms with E-state index in [0.29, 0.717) is 52.5 Å². The molecule has 49 heavy (non-hydrogen) atoms. The Morgan fingerprint density at radius 1 is 0.918 bits per heavy atom. The molecule has 10 heteroatoms. The van der Waals surface area contributed by atoms with Crippen molar-refractivity contribution in [2.24, 2.45) is 0 Å². The molecule has 0 spiro atoms. The number of para-hydroxylation sites is 1. The third kappa shape index (κ3) is 11.8. The maximum atomic E-state index is 13.0. The average molecular weight is 677 g/mol. The summed E-state index contributed by atoms with van der Waals surface area (Å²) in [5.41, 5.74) is 3.28. The normalized spacial score (nSPS) is 16.2. The number of amides is 2. The van der Waals surface area contributed by atoms with Gasteiger partial charge in [-0.2, -0.15) is 0 Å². The Balaban J connectivity index is 1.35. The van der Waals surface area contributed by atoms with Crippen molar-refractivity contribution in [3.63, 3.8) is 0 Å². The van der Waals surface area contributed by atoms with Crippen LogP contribution in [0.4, 0.5) is 10.5 Å². The van der Waals surface area contributed by atoms with Gasteiger partial charge in [-0.05, 0) is 68.7 Å². The molecule has 0 bridgehead atoms. The van der Waals surface area contributed by atoms with Crippen molar-refractivity contribution >= 4 is 17.7 Å². The smallest absolute Gasteiger partial charge is 0.410 e. The minimum absolute atomic E-state index is 0.0230. The summed E-state index contributed by atoms with van der Waals surface area (Å²) in [7, 11) is 5.01. The maximum Gasteiger partial charge on any atom is 0.410 e. The van der Waals surface area contributed by atoms with Crippen molar-refractivity contribution in [2.45, 2.75) is 70.9 Å². The molecule has 2 unspecified atom stereocenters. The number of hydrogen-bond donors (Lipinski definition) is 0. The first kappa shape index (κ1) is 37.7. The van der Waals surface area contributed by atoms with E-state index in [1.54, 1.807) is 31.1 Å². The number of hydrogen-bond acceptors (Lipinski definition) is 8. The van der Waals surface area contributed by atoms with Crippen LogP contribution in [0.25, 0.3) is 0 Å². The molecule has 1 fully saturated rings. The Bertz CT molecular complexity index is 1470. The Morgan fingerprint density at radius 2 is 1.69 bits per heavy atom. The average Bonchev–Trinajstić information content (AvgIpc) is 3.10. The number of rotatable bonds is 16. The minimum atomic E-state index is -0.588. The van der Waals surface area contributed by atoms with E-state index in [9.17, 15) is 9.59 Å². The Labute approximate surface area is 291 Å². The van der Waals surface area contributed by atoms with Crippen LogP contribution in [0.5, 0.6) is 11.5 Å². The van der Waals surface area contributed by atoms with Crippen LogP contribution in [-0.2, 0) is 37.0 Å². The molecule has 0 aromatic heterocycles. The lowest BCUT2D eigenvalue weighted by Crippen LogP contribution is -2.48. The first-order valence-electron chi connectivity index (χ1n) is 16.9. The second-order valence-corrected chi connectivity index (χ2v) is 13.2. The van der Waals surface area contributed by atoms with Gasteiger partial charge in [-0.25, -0.2) is 4.79 Å². The maximum absolute atomic E-state index is 13.0. The lowest BCUT2D eigenvalue weighted by molar-refractivity contribution is -0.119. The predicted octanol–water partition coefficient (Wildman–Crippen LogP) is 6.99. The number of benzene rings is 3. The van der Waals surface area contributed by atoms with E-state index >= 15 is 0 Å². The standard InChI is InChI=1S/C39H52N2O8/c1-39(2,3)49-38(43)41-21-19-34(36(26-41)48-27-29-11-9-13-32(25-29)40(4)37(42)20-24-44-5)30-15-17-33(18-16-30)47-23-10-22-46-28-31-12-7-8-14-35(31)45-6/h7-9,11-18,25,34,36H,10,19-24,26-28H2,1-6H3. The lowest BCUT2D eigenvalue weighted by Gasteiger charge is -2.39. The number of carbonyl (C=O) groups is 2. The molecule has 1 heterocycles. The van der Waals surface area contributed by atoms with E-state index < -0.39 is 5.60 Å². The highest BCUT2D eigenvalue weighted by Gasteiger charge is 2.35. The molecule has 266 valence electrons. The molecule has 1 aliphatic rings. The van der Waals surface area contributed by atoms with Gasteiger partial charge in [-0.15, -0.1) is 0 Å². The highest BCUT2D eigenvalue weighted by atomic mass is 16.6. The van der Waals surface area contributed by atoms with Gasteiger partial charge in [0.1, 0.15) is 17.1 Å². The van der Waals surface area contributed by atoms with Crippen molar-refractivity contribution in [1.82, 2.24) is 4.90 Å². The third-order valence-electron chi connectivity index (χ3n) is 8.33. The zero-order valence-corrected chi connectivity index (χ0v) is 29.8. The van der Waals surface area contributed by atoms with Crippen LogP contribution in [0.3, 0.4) is 0 Å². The lowest BCUT2D eigenvalue weighted by atomic mass is 9.87. The van der Waals surface area contributed by atoms with Crippen LogP contribution in [-0.4, -0.2) is 82.8 Å². The van der Waals surface area contributed by atoms with Crippen LogP contribution < -0.4 is 14.4 Å². The number of anilines is 1. The molecule has 0 radical (unpaired) electrons. The van der Waals surface area contributed by atoms with E-state index in [0.717, 1.165) is 46.7 Å². The number of nitrogens with zero attached hydrogens (tertiary/aromatic N) is 2. The third-order valence-corrected chi connectivity index (χ3v) is 8.33. The largest absolute Gasteiger partial charge is 0.496 e. The van der Waals surface area contributed by atoms with Crippen LogP contribution in [0, 0.1) is 0 Å². The quantitative estimate of drug-likeness (QED) is 0.150. The van der Waals surface area contributed by atoms with Gasteiger partial charge < -0.3 is 38.2 Å². The van der Waals surface area contributed by atoms with Crippen molar-refractivity contribution < 1.29 is 38.0 Å². The molecule has 1 saturated heterocycles. The second kappa shape index (κ2) is 18.6. The highest BCUT2D eigenvalue weighted by Crippen LogP contribution is 2.33. The van der Waals surface area contributed by atoms with Crippen LogP contribution in [0.15, 0.2) is 72.8 Å². The SMILES string of the molecule is COCCC(=O)N(C)c1cccc(COC2CN(C(=O)OC(C)(C)C)CCC2c2ccc(OCCCOCc3ccccc3OC)cc2)c1. The molecule has 1 aliphatic heterocycles. The Hall–Kier alpha value is -4.12. The van der Waals surface area contributed by atoms with Crippen molar-refractivity contribution in [3.05, 3.63) is 89.5 Å². The van der Waals surface area contributed by atoms with Gasteiger partial charge >= 0.3 is 6.09 Å². The molecule has 3 aromatic carbocycles. The topological polar surface area (TPSA) is 96.0 Å². The molecule has 2 atom stereocenters. The van der Waals surface area contributed by atoms with E-state index in [4.69, 9.17) is 28.4 Å². The fraction of sp³-hybridized carbons (Fsp3) is 0.487. The molecular weight excluding hydrogens is 624 g/mol. The monoisotopic (exact) mass is 676 g/mol. The van der Waals surface area contributed by atoms with Crippen molar-refractivity contribution in [2.75, 3.05) is 59.1 Å². The van der Waals surface area contributed by atoms with E-state index in [2.05, 4.69) is 12.1 Å². The van der Waals surface area contributed by atoms with E-state index in [1.165, 1.54) is 0 Å². The fourth-order valence-electron chi connectivity index (χ4n) is 5.68. The molecule has 4 rings (SSSR count). The Morgan fingerprint density at radius 3 is 2.43 bits per heavy atom. The zero-order valence-electron chi connectivity index (χ0n) is 29.8. The highest BCUT2D eigenvalue weighted by molar-refractivity contribution is 5.92. The molecule has 0 aliphatic carbocycles. The summed E-state index contributed by atoms with van der Waals surface area (Å²) in [5.74, 6) is 1.66. The van der Waals surface area contributed by atoms with Crippen LogP contribution in [0.2, 0.25) is 0 Å². The van der Waals surface area contributed by atoms with Gasteiger partial charge in [-0.3, -0.25) is 4.79 Å². The summed E-state index contributed by atoms with van der Waals surface area (Å²) in [6, 6.07) is 23.8. The first-order valence-corrected chi connectivity index (χ1v) is 16.9. The van der Waals surface area contributed by atoms with Crippen molar-refractivity contribution in [1.29, 1.82) is 0 Å². The summed E-state index contributed by atoms with van der Waals surface area (Å²) in [6.45, 7) is 8.89. The zero-order chi connectivity index (χ0) is 35.2. The first-order chi connectivity index (χ1) is 23.6. The van der Waals surface area contributed by atoms with Crippen LogP contribution >= 0.6 is 0 Å². The summed E-state index contributed by atoms with van der Waals surface area (Å²) >= 11 is 0. The van der Waals surface area contributed by atoms with Gasteiger partial charge in [0, 0.05) is 44.3 Å². The van der Waals surface area contributed by atoms with Gasteiger partial charge in [0.05, 0.1) is 59.2 Å². The second-order valence-electron chi connectivity index (χ2n) is 13.2. The van der Waals surface area contributed by atoms with E-state index in [-0.39, 0.29) is 24.0 Å². The molecule has 0 saturated carbocycles. The molecule has 0 N–H and O–H groups in total. The molecule has 10 nitrogen and oxygen atoms in total. The number of methoxy groups -OCH3 is 2. The predicted molar refractivity (Wildman–Crippen MR) is 189 cm³/mol. The summed E-state index contributed by atoms with van der Waals surface area (Å²) in [5, 5.41) is 0. The van der Waals surface area contributed by atoms with E-state index in [1.807, 2.05) is 81.4 Å². The van der Waals surface area contributed by atoms with Gasteiger partial charge in [0.2, 0.25) is 5.91 Å². The fourth-order valence-corrected chi connectivity index (χ4v) is 5.68. The summed E-state index contributed by atoms with van der Waals surface area (Å²) in [4.78, 5) is 28.9. The number of ether oxygens (including phenoxy) is 6. The summed E-state index contributed by atoms with van der Waals surface area (Å²) < 4.78 is 34.5. The van der Waals surface area contributed by atoms with Crippen molar-refractivity contribution in [3.8, 4) is 11.5 Å². The van der Waals surface area contributed by atoms with Gasteiger partial charge in [0.15, 0.2) is 0 Å². The molecular formula is C39H52N2O8. The summed E-state index contributed by atoms with van der Waals surface area (Å²) in [6.07, 6.45) is 1.19. The minimum Gasteiger partial charge on any atom is -0.496 e. The Kier molecular flexibility index (Phi) is 14.3. The van der Waals surface area contributed by atoms with Gasteiger partial charge in [0.25, 0.3) is 0 Å². The number of piperidine rings is 1. The number of carbonyl (C=O) groups excluding carboxylic acids is 2. The van der Waals surface area contributed by atoms with Gasteiger partial charge in [-0.1, -0.05) is 42.5 Å².